The van der Waals surface area contributed by atoms with Crippen molar-refractivity contribution in [2.24, 2.45) is 5.92 Å². The fourth-order valence-corrected chi connectivity index (χ4v) is 2.72. The third kappa shape index (κ3) is 3.98. The van der Waals surface area contributed by atoms with Gasteiger partial charge in [0.15, 0.2) is 0 Å². The number of hydrogen-bond acceptors (Lipinski definition) is 6. The second-order valence-corrected chi connectivity index (χ2v) is 5.81. The highest BCUT2D eigenvalue weighted by molar-refractivity contribution is 5.76. The molecule has 3 rings (SSSR count). The van der Waals surface area contributed by atoms with Crippen molar-refractivity contribution >= 4 is 11.9 Å². The first-order chi connectivity index (χ1) is 11.6. The number of tetrazole rings is 1. The molecule has 0 bridgehead atoms. The van der Waals surface area contributed by atoms with Crippen LogP contribution in [0, 0.1) is 11.7 Å². The lowest BCUT2D eigenvalue weighted by atomic mass is 9.99. The van der Waals surface area contributed by atoms with Gasteiger partial charge < -0.3 is 15.4 Å². The number of likely N-dealkylation sites (tertiary alicyclic amines) is 1. The summed E-state index contributed by atoms with van der Waals surface area (Å²) in [6, 6.07) is 5.92. The number of nitrogen functional groups attached to an aromatic ring is 1. The van der Waals surface area contributed by atoms with Crippen LogP contribution in [0.2, 0.25) is 0 Å². The Labute approximate surface area is 138 Å². The third-order valence-corrected chi connectivity index (χ3v) is 4.02. The molecule has 0 spiro atoms. The number of nitrogens with two attached hydrogens (primary N) is 1. The van der Waals surface area contributed by atoms with E-state index in [1.165, 1.54) is 16.8 Å². The molecule has 2 aromatic rings. The average Bonchev–Trinajstić information content (AvgIpc) is 2.99. The summed E-state index contributed by atoms with van der Waals surface area (Å²) < 4.78 is 19.9. The maximum Gasteiger partial charge on any atom is 0.244 e. The van der Waals surface area contributed by atoms with Crippen LogP contribution in [-0.2, 0) is 11.3 Å². The summed E-state index contributed by atoms with van der Waals surface area (Å²) in [5.74, 6) is 0.621. The van der Waals surface area contributed by atoms with Crippen molar-refractivity contribution in [1.29, 1.82) is 0 Å². The highest BCUT2D eigenvalue weighted by Gasteiger charge is 2.25. The standard InChI is InChI=1S/C15H19FN6O2/c16-12-3-5-13(6-4-12)24-10-11-2-1-7-21(8-11)14(23)9-22-15(17)18-19-20-22/h3-6,11H,1-2,7-10H2,(H2,17,18,20). The molecule has 1 fully saturated rings. The molecule has 2 heterocycles. The number of carbonyl (C=O) groups excluding carboxylic acids is 1. The first-order valence-electron chi connectivity index (χ1n) is 7.79. The number of carbonyl (C=O) groups is 1. The molecule has 1 aromatic heterocycles. The van der Waals surface area contributed by atoms with Gasteiger partial charge in [-0.15, -0.1) is 0 Å². The normalized spacial score (nSPS) is 17.7. The zero-order valence-corrected chi connectivity index (χ0v) is 13.1. The molecule has 0 radical (unpaired) electrons. The first-order valence-corrected chi connectivity index (χ1v) is 7.79. The Morgan fingerprint density at radius 3 is 2.88 bits per heavy atom. The number of amides is 1. The molecule has 128 valence electrons. The van der Waals surface area contributed by atoms with Gasteiger partial charge in [-0.1, -0.05) is 5.10 Å². The van der Waals surface area contributed by atoms with Crippen molar-refractivity contribution in [3.63, 3.8) is 0 Å². The Bertz CT molecular complexity index is 690. The number of benzene rings is 1. The van der Waals surface area contributed by atoms with Gasteiger partial charge in [-0.25, -0.2) is 9.07 Å². The molecule has 0 aliphatic carbocycles. The van der Waals surface area contributed by atoms with Crippen molar-refractivity contribution in [3.8, 4) is 5.75 Å². The van der Waals surface area contributed by atoms with Crippen molar-refractivity contribution in [1.82, 2.24) is 25.1 Å². The number of aromatic nitrogens is 4. The maximum atomic E-state index is 12.9. The number of piperidine rings is 1. The molecule has 0 saturated carbocycles. The lowest BCUT2D eigenvalue weighted by molar-refractivity contribution is -0.134. The van der Waals surface area contributed by atoms with E-state index in [0.29, 0.717) is 25.4 Å². The Balaban J connectivity index is 1.51. The van der Waals surface area contributed by atoms with E-state index in [1.54, 1.807) is 17.0 Å². The maximum absolute atomic E-state index is 12.9. The Morgan fingerprint density at radius 1 is 1.38 bits per heavy atom. The summed E-state index contributed by atoms with van der Waals surface area (Å²) in [5.41, 5.74) is 5.58. The van der Waals surface area contributed by atoms with Crippen LogP contribution >= 0.6 is 0 Å². The largest absolute Gasteiger partial charge is 0.493 e. The molecule has 2 N–H and O–H groups in total. The summed E-state index contributed by atoms with van der Waals surface area (Å²) >= 11 is 0. The van der Waals surface area contributed by atoms with Gasteiger partial charge in [0.05, 0.1) is 6.61 Å². The highest BCUT2D eigenvalue weighted by Crippen LogP contribution is 2.19. The van der Waals surface area contributed by atoms with E-state index in [9.17, 15) is 9.18 Å². The highest BCUT2D eigenvalue weighted by atomic mass is 19.1. The molecule has 9 heteroatoms. The predicted octanol–water partition coefficient (Wildman–Crippen LogP) is 0.712. The van der Waals surface area contributed by atoms with Crippen molar-refractivity contribution < 1.29 is 13.9 Å². The molecule has 1 unspecified atom stereocenters. The minimum Gasteiger partial charge on any atom is -0.493 e. The molecule has 1 saturated heterocycles. The quantitative estimate of drug-likeness (QED) is 0.865. The summed E-state index contributed by atoms with van der Waals surface area (Å²) in [4.78, 5) is 14.1. The van der Waals surface area contributed by atoms with Gasteiger partial charge in [-0.05, 0) is 47.5 Å². The monoisotopic (exact) mass is 334 g/mol. The molecular formula is C15H19FN6O2. The van der Waals surface area contributed by atoms with E-state index in [-0.39, 0.29) is 30.1 Å². The lowest BCUT2D eigenvalue weighted by Crippen LogP contribution is -2.43. The average molecular weight is 334 g/mol. The minimum atomic E-state index is -0.293. The van der Waals surface area contributed by atoms with Crippen LogP contribution in [-0.4, -0.2) is 50.7 Å². The SMILES string of the molecule is Nc1nnnn1CC(=O)N1CCCC(COc2ccc(F)cc2)C1. The number of hydrogen-bond donors (Lipinski definition) is 1. The van der Waals surface area contributed by atoms with Crippen LogP contribution in [0.4, 0.5) is 10.3 Å². The Kier molecular flexibility index (Phi) is 4.88. The van der Waals surface area contributed by atoms with E-state index in [4.69, 9.17) is 10.5 Å². The summed E-state index contributed by atoms with van der Waals surface area (Å²) in [5, 5.41) is 10.7. The molecule has 8 nitrogen and oxygen atoms in total. The van der Waals surface area contributed by atoms with Crippen LogP contribution in [0.5, 0.6) is 5.75 Å². The second kappa shape index (κ2) is 7.24. The molecule has 1 atom stereocenters. The zero-order chi connectivity index (χ0) is 16.9. The van der Waals surface area contributed by atoms with Gasteiger partial charge >= 0.3 is 0 Å². The molecule has 24 heavy (non-hydrogen) atoms. The second-order valence-electron chi connectivity index (χ2n) is 5.81. The number of anilines is 1. The number of halogens is 1. The van der Waals surface area contributed by atoms with Gasteiger partial charge in [-0.3, -0.25) is 4.79 Å². The van der Waals surface area contributed by atoms with Crippen LogP contribution in [0.1, 0.15) is 12.8 Å². The number of rotatable bonds is 5. The summed E-state index contributed by atoms with van der Waals surface area (Å²) in [6.07, 6.45) is 1.90. The smallest absolute Gasteiger partial charge is 0.244 e. The molecule has 1 amide bonds. The zero-order valence-electron chi connectivity index (χ0n) is 13.1. The van der Waals surface area contributed by atoms with Crippen molar-refractivity contribution in [3.05, 3.63) is 30.1 Å². The first kappa shape index (κ1) is 16.2. The van der Waals surface area contributed by atoms with E-state index in [1.807, 2.05) is 0 Å². The van der Waals surface area contributed by atoms with Crippen LogP contribution in [0.15, 0.2) is 24.3 Å². The fourth-order valence-electron chi connectivity index (χ4n) is 2.72. The minimum absolute atomic E-state index is 0.0321. The Morgan fingerprint density at radius 2 is 2.17 bits per heavy atom. The van der Waals surface area contributed by atoms with Crippen LogP contribution in [0.3, 0.4) is 0 Å². The van der Waals surface area contributed by atoms with E-state index >= 15 is 0 Å². The molecular weight excluding hydrogens is 315 g/mol. The molecule has 1 aliphatic heterocycles. The van der Waals surface area contributed by atoms with Gasteiger partial charge in [0.25, 0.3) is 0 Å². The number of nitrogens with zero attached hydrogens (tertiary/aromatic N) is 5. The summed E-state index contributed by atoms with van der Waals surface area (Å²) in [7, 11) is 0. The predicted molar refractivity (Wildman–Crippen MR) is 83.4 cm³/mol. The van der Waals surface area contributed by atoms with Crippen molar-refractivity contribution in [2.45, 2.75) is 19.4 Å². The fraction of sp³-hybridized carbons (Fsp3) is 0.467. The van der Waals surface area contributed by atoms with E-state index < -0.39 is 0 Å². The lowest BCUT2D eigenvalue weighted by Gasteiger charge is -2.32. The van der Waals surface area contributed by atoms with Crippen LogP contribution in [0.25, 0.3) is 0 Å². The third-order valence-electron chi connectivity index (χ3n) is 4.02. The molecule has 1 aliphatic rings. The van der Waals surface area contributed by atoms with Crippen molar-refractivity contribution in [2.75, 3.05) is 25.4 Å². The van der Waals surface area contributed by atoms with Gasteiger partial charge in [-0.2, -0.15) is 0 Å². The van der Waals surface area contributed by atoms with Gasteiger partial charge in [0, 0.05) is 19.0 Å². The topological polar surface area (TPSA) is 99.2 Å². The van der Waals surface area contributed by atoms with Crippen LogP contribution < -0.4 is 10.5 Å². The number of ether oxygens (including phenoxy) is 1. The Hall–Kier alpha value is -2.71. The van der Waals surface area contributed by atoms with Gasteiger partial charge in [0.2, 0.25) is 11.9 Å². The van der Waals surface area contributed by atoms with Gasteiger partial charge in [0.1, 0.15) is 18.1 Å². The summed E-state index contributed by atoms with van der Waals surface area (Å²) in [6.45, 7) is 1.84. The molecule has 1 aromatic carbocycles. The van der Waals surface area contributed by atoms with E-state index in [0.717, 1.165) is 12.8 Å². The van der Waals surface area contributed by atoms with E-state index in [2.05, 4.69) is 15.5 Å².